The molecule has 1 aromatic carbocycles. The van der Waals surface area contributed by atoms with E-state index in [0.717, 1.165) is 30.5 Å². The van der Waals surface area contributed by atoms with Crippen LogP contribution < -0.4 is 10.3 Å². The summed E-state index contributed by atoms with van der Waals surface area (Å²) < 4.78 is 7.18. The third-order valence-corrected chi connectivity index (χ3v) is 5.88. The maximum absolute atomic E-state index is 12.8. The first-order valence-electron chi connectivity index (χ1n) is 10.8. The van der Waals surface area contributed by atoms with Crippen molar-refractivity contribution in [2.75, 3.05) is 7.11 Å². The van der Waals surface area contributed by atoms with Crippen molar-refractivity contribution in [2.45, 2.75) is 71.8 Å². The average Bonchev–Trinajstić information content (AvgIpc) is 3.05. The Morgan fingerprint density at radius 2 is 2.03 bits per heavy atom. The van der Waals surface area contributed by atoms with Crippen LogP contribution in [-0.2, 0) is 6.42 Å². The lowest BCUT2D eigenvalue weighted by molar-refractivity contribution is 0.401. The zero-order valence-electron chi connectivity index (χ0n) is 18.3. The van der Waals surface area contributed by atoms with Crippen LogP contribution >= 0.6 is 11.6 Å². The molecule has 0 radical (unpaired) electrons. The van der Waals surface area contributed by atoms with E-state index in [1.54, 1.807) is 7.11 Å². The number of nitrogens with one attached hydrogen (secondary N) is 1. The molecule has 0 aliphatic carbocycles. The summed E-state index contributed by atoms with van der Waals surface area (Å²) in [5, 5.41) is 5.82. The van der Waals surface area contributed by atoms with Gasteiger partial charge in [-0.15, -0.1) is 0 Å². The monoisotopic (exact) mass is 430 g/mol. The highest BCUT2D eigenvalue weighted by Crippen LogP contribution is 2.27. The van der Waals surface area contributed by atoms with E-state index in [2.05, 4.69) is 18.8 Å². The molecule has 1 unspecified atom stereocenters. The first-order valence-corrected chi connectivity index (χ1v) is 11.2. The molecule has 2 aromatic heterocycles. The number of rotatable bonds is 10. The predicted molar refractivity (Wildman–Crippen MR) is 122 cm³/mol. The number of halogens is 1. The van der Waals surface area contributed by atoms with Crippen LogP contribution in [0.25, 0.3) is 11.0 Å². The van der Waals surface area contributed by atoms with Gasteiger partial charge in [0.05, 0.1) is 23.9 Å². The molecule has 0 bridgehead atoms. The Kier molecular flexibility index (Phi) is 7.53. The number of aromatic amines is 1. The lowest BCUT2D eigenvalue weighted by Gasteiger charge is -2.16. The van der Waals surface area contributed by atoms with Gasteiger partial charge in [-0.25, -0.2) is 9.67 Å². The first-order chi connectivity index (χ1) is 14.5. The normalized spacial score (nSPS) is 12.4. The molecule has 0 saturated heterocycles. The van der Waals surface area contributed by atoms with E-state index in [-0.39, 0.29) is 11.6 Å². The van der Waals surface area contributed by atoms with E-state index in [4.69, 9.17) is 26.4 Å². The van der Waals surface area contributed by atoms with E-state index in [9.17, 15) is 4.79 Å². The number of hydrogen-bond acceptors (Lipinski definition) is 4. The Labute approximate surface area is 182 Å². The Balaban J connectivity index is 1.93. The van der Waals surface area contributed by atoms with Gasteiger partial charge in [-0.3, -0.25) is 4.79 Å². The van der Waals surface area contributed by atoms with Crippen LogP contribution in [0.3, 0.4) is 0 Å². The third-order valence-electron chi connectivity index (χ3n) is 5.58. The number of nitrogens with zero attached hydrogens (tertiary/aromatic N) is 3. The Bertz CT molecular complexity index is 1060. The molecular formula is C23H31ClN4O2. The van der Waals surface area contributed by atoms with Gasteiger partial charge in [-0.2, -0.15) is 5.10 Å². The van der Waals surface area contributed by atoms with Gasteiger partial charge in [0.25, 0.3) is 5.56 Å². The van der Waals surface area contributed by atoms with Crippen molar-refractivity contribution in [3.63, 3.8) is 0 Å². The van der Waals surface area contributed by atoms with E-state index in [1.807, 2.05) is 29.8 Å². The molecule has 0 saturated carbocycles. The number of ether oxygens (including phenoxy) is 1. The smallest absolute Gasteiger partial charge is 0.262 e. The number of unbranched alkanes of at least 4 members (excludes halogenated alkanes) is 3. The summed E-state index contributed by atoms with van der Waals surface area (Å²) in [4.78, 5) is 20.5. The minimum atomic E-state index is -0.140. The summed E-state index contributed by atoms with van der Waals surface area (Å²) in [7, 11) is 1.59. The maximum atomic E-state index is 12.8. The number of H-pyrrole nitrogens is 1. The van der Waals surface area contributed by atoms with Gasteiger partial charge in [0.2, 0.25) is 0 Å². The standard InChI is InChI=1S/C23H31ClN4O2/c1-5-7-8-9-10-17(6-2)28-22-21(15(3)27-28)23(29)26-20(25-22)14-16-11-12-19(30-4)18(24)13-16/h11-13,17H,5-10,14H2,1-4H3,(H,25,26,29). The third kappa shape index (κ3) is 4.86. The number of hydrogen-bond donors (Lipinski definition) is 1. The zero-order valence-corrected chi connectivity index (χ0v) is 19.1. The maximum Gasteiger partial charge on any atom is 0.262 e. The molecule has 3 rings (SSSR count). The lowest BCUT2D eigenvalue weighted by atomic mass is 10.1. The van der Waals surface area contributed by atoms with Crippen molar-refractivity contribution in [3.8, 4) is 5.75 Å². The van der Waals surface area contributed by atoms with Crippen molar-refractivity contribution in [2.24, 2.45) is 0 Å². The number of aromatic nitrogens is 4. The van der Waals surface area contributed by atoms with Crippen molar-refractivity contribution in [3.05, 3.63) is 50.7 Å². The highest BCUT2D eigenvalue weighted by atomic mass is 35.5. The number of benzene rings is 1. The van der Waals surface area contributed by atoms with E-state index in [1.165, 1.54) is 19.3 Å². The molecule has 2 heterocycles. The van der Waals surface area contributed by atoms with Crippen LogP contribution in [0.4, 0.5) is 0 Å². The first kappa shape index (κ1) is 22.3. The molecule has 1 N–H and O–H groups in total. The van der Waals surface area contributed by atoms with Gasteiger partial charge >= 0.3 is 0 Å². The number of aryl methyl sites for hydroxylation is 1. The fourth-order valence-corrected chi connectivity index (χ4v) is 4.20. The fraction of sp³-hybridized carbons (Fsp3) is 0.522. The van der Waals surface area contributed by atoms with Crippen LogP contribution in [0.2, 0.25) is 5.02 Å². The molecule has 0 aliphatic heterocycles. The minimum Gasteiger partial charge on any atom is -0.495 e. The van der Waals surface area contributed by atoms with Gasteiger partial charge in [0, 0.05) is 6.42 Å². The van der Waals surface area contributed by atoms with Gasteiger partial charge in [-0.1, -0.05) is 57.2 Å². The average molecular weight is 431 g/mol. The predicted octanol–water partition coefficient (Wildman–Crippen LogP) is 5.60. The molecule has 0 amide bonds. The van der Waals surface area contributed by atoms with E-state index >= 15 is 0 Å². The van der Waals surface area contributed by atoms with Gasteiger partial charge in [-0.05, 0) is 37.5 Å². The summed E-state index contributed by atoms with van der Waals surface area (Å²) in [6.07, 6.45) is 7.34. The van der Waals surface area contributed by atoms with E-state index in [0.29, 0.717) is 34.1 Å². The fourth-order valence-electron chi connectivity index (χ4n) is 3.92. The van der Waals surface area contributed by atoms with Crippen LogP contribution in [-0.4, -0.2) is 26.9 Å². The molecule has 162 valence electrons. The largest absolute Gasteiger partial charge is 0.495 e. The van der Waals surface area contributed by atoms with Crippen molar-refractivity contribution >= 4 is 22.6 Å². The molecular weight excluding hydrogens is 400 g/mol. The highest BCUT2D eigenvalue weighted by molar-refractivity contribution is 6.32. The number of fused-ring (bicyclic) bond motifs is 1. The summed E-state index contributed by atoms with van der Waals surface area (Å²) >= 11 is 6.25. The van der Waals surface area contributed by atoms with Gasteiger partial charge < -0.3 is 9.72 Å². The number of methoxy groups -OCH3 is 1. The Morgan fingerprint density at radius 1 is 1.23 bits per heavy atom. The molecule has 1 atom stereocenters. The minimum absolute atomic E-state index is 0.140. The second-order valence-electron chi connectivity index (χ2n) is 7.80. The summed E-state index contributed by atoms with van der Waals surface area (Å²) in [6.45, 7) is 6.26. The summed E-state index contributed by atoms with van der Waals surface area (Å²) in [6, 6.07) is 5.85. The second kappa shape index (κ2) is 10.1. The van der Waals surface area contributed by atoms with Crippen LogP contribution in [0, 0.1) is 6.92 Å². The van der Waals surface area contributed by atoms with Crippen LogP contribution in [0.5, 0.6) is 5.75 Å². The molecule has 0 spiro atoms. The molecule has 3 aromatic rings. The van der Waals surface area contributed by atoms with E-state index < -0.39 is 0 Å². The van der Waals surface area contributed by atoms with Crippen LogP contribution in [0.1, 0.15) is 75.5 Å². The molecule has 7 heteroatoms. The highest BCUT2D eigenvalue weighted by Gasteiger charge is 2.19. The van der Waals surface area contributed by atoms with Crippen LogP contribution in [0.15, 0.2) is 23.0 Å². The summed E-state index contributed by atoms with van der Waals surface area (Å²) in [5.74, 6) is 1.23. The zero-order chi connectivity index (χ0) is 21.7. The quantitative estimate of drug-likeness (QED) is 0.425. The van der Waals surface area contributed by atoms with Crippen molar-refractivity contribution in [1.82, 2.24) is 19.7 Å². The summed E-state index contributed by atoms with van der Waals surface area (Å²) in [5.41, 5.74) is 2.22. The molecule has 6 nitrogen and oxygen atoms in total. The molecule has 0 fully saturated rings. The second-order valence-corrected chi connectivity index (χ2v) is 8.21. The molecule has 0 aliphatic rings. The van der Waals surface area contributed by atoms with Gasteiger partial charge in [0.1, 0.15) is 17.0 Å². The molecule has 30 heavy (non-hydrogen) atoms. The topological polar surface area (TPSA) is 72.8 Å². The van der Waals surface area contributed by atoms with Crippen molar-refractivity contribution < 1.29 is 4.74 Å². The Morgan fingerprint density at radius 3 is 2.70 bits per heavy atom. The Hall–Kier alpha value is -2.34. The van der Waals surface area contributed by atoms with Gasteiger partial charge in [0.15, 0.2) is 5.65 Å². The SMILES string of the molecule is CCCCCCC(CC)n1nc(C)c2c(=O)[nH]c(Cc3ccc(OC)c(Cl)c3)nc21. The lowest BCUT2D eigenvalue weighted by Crippen LogP contribution is -2.15. The van der Waals surface area contributed by atoms with Crippen molar-refractivity contribution in [1.29, 1.82) is 0 Å².